The van der Waals surface area contributed by atoms with E-state index in [1.807, 2.05) is 0 Å². The van der Waals surface area contributed by atoms with Gasteiger partial charge in [-0.25, -0.2) is 0 Å². The first-order valence-electron chi connectivity index (χ1n) is 3.15. The first kappa shape index (κ1) is 8.25. The zero-order chi connectivity index (χ0) is 9.30. The number of rotatable bonds is 2. The van der Waals surface area contributed by atoms with E-state index in [0.29, 0.717) is 0 Å². The van der Waals surface area contributed by atoms with Crippen molar-refractivity contribution in [3.8, 4) is 0 Å². The summed E-state index contributed by atoms with van der Waals surface area (Å²) in [7, 11) is 1.51. The van der Waals surface area contributed by atoms with Crippen molar-refractivity contribution in [1.82, 2.24) is 9.78 Å². The summed E-state index contributed by atoms with van der Waals surface area (Å²) in [5.74, 6) is -1.43. The number of aryl methyl sites for hydroxylation is 1. The fourth-order valence-electron chi connectivity index (χ4n) is 0.910. The normalized spacial score (nSPS) is 9.75. The molecule has 1 aromatic rings. The molecule has 0 aliphatic carbocycles. The van der Waals surface area contributed by atoms with Crippen LogP contribution < -0.4 is 11.5 Å². The molecule has 0 aliphatic rings. The molecule has 12 heavy (non-hydrogen) atoms. The highest BCUT2D eigenvalue weighted by Crippen LogP contribution is 2.04. The molecule has 0 spiro atoms. The minimum absolute atomic E-state index is 0.0301. The van der Waals surface area contributed by atoms with E-state index in [2.05, 4.69) is 5.10 Å². The summed E-state index contributed by atoms with van der Waals surface area (Å²) in [5.41, 5.74) is 10.0. The lowest BCUT2D eigenvalue weighted by atomic mass is 10.2. The third-order valence-corrected chi connectivity index (χ3v) is 1.44. The Morgan fingerprint density at radius 2 is 2.00 bits per heavy atom. The van der Waals surface area contributed by atoms with Crippen molar-refractivity contribution in [2.45, 2.75) is 0 Å². The summed E-state index contributed by atoms with van der Waals surface area (Å²) < 4.78 is 1.21. The largest absolute Gasteiger partial charge is 0.365 e. The second kappa shape index (κ2) is 2.65. The third kappa shape index (κ3) is 1.14. The van der Waals surface area contributed by atoms with Crippen molar-refractivity contribution in [1.29, 1.82) is 0 Å². The predicted molar refractivity (Wildman–Crippen MR) is 40.2 cm³/mol. The molecule has 0 saturated carbocycles. The van der Waals surface area contributed by atoms with E-state index in [9.17, 15) is 9.59 Å². The molecule has 0 unspecified atom stereocenters. The molecule has 0 aromatic carbocycles. The maximum Gasteiger partial charge on any atom is 0.267 e. The molecule has 6 heteroatoms. The van der Waals surface area contributed by atoms with E-state index in [1.165, 1.54) is 17.9 Å². The van der Waals surface area contributed by atoms with Crippen LogP contribution in [0.25, 0.3) is 0 Å². The lowest BCUT2D eigenvalue weighted by Crippen LogP contribution is -2.22. The van der Waals surface area contributed by atoms with Crippen molar-refractivity contribution in [3.05, 3.63) is 17.5 Å². The van der Waals surface area contributed by atoms with Gasteiger partial charge in [0.05, 0.1) is 11.8 Å². The molecule has 1 aromatic heterocycles. The summed E-state index contributed by atoms with van der Waals surface area (Å²) in [4.78, 5) is 21.5. The molecule has 1 rings (SSSR count). The molecular formula is C6H8N4O2. The molecule has 6 nitrogen and oxygen atoms in total. The number of hydrogen-bond acceptors (Lipinski definition) is 3. The van der Waals surface area contributed by atoms with Gasteiger partial charge in [-0.1, -0.05) is 0 Å². The molecule has 0 atom stereocenters. The average molecular weight is 168 g/mol. The first-order valence-corrected chi connectivity index (χ1v) is 3.15. The maximum absolute atomic E-state index is 10.8. The lowest BCUT2D eigenvalue weighted by molar-refractivity contribution is 0.0962. The number of amides is 2. The van der Waals surface area contributed by atoms with Crippen molar-refractivity contribution in [2.24, 2.45) is 18.5 Å². The Kier molecular flexibility index (Phi) is 1.82. The third-order valence-electron chi connectivity index (χ3n) is 1.44. The Morgan fingerprint density at radius 1 is 1.42 bits per heavy atom. The molecule has 0 radical (unpaired) electrons. The van der Waals surface area contributed by atoms with Crippen molar-refractivity contribution in [3.63, 3.8) is 0 Å². The summed E-state index contributed by atoms with van der Waals surface area (Å²) in [5, 5.41) is 3.67. The van der Waals surface area contributed by atoms with Crippen molar-refractivity contribution < 1.29 is 9.59 Å². The number of hydrogen-bond donors (Lipinski definition) is 2. The van der Waals surface area contributed by atoms with E-state index in [-0.39, 0.29) is 11.3 Å². The minimum Gasteiger partial charge on any atom is -0.365 e. The second-order valence-electron chi connectivity index (χ2n) is 2.26. The number of nitrogens with two attached hydrogens (primary N) is 2. The standard InChI is InChI=1S/C6H8N4O2/c1-10-4(6(8)12)3(2-9-10)5(7)11/h2H,1H3,(H2,7,11)(H2,8,12). The zero-order valence-electron chi connectivity index (χ0n) is 6.44. The van der Waals surface area contributed by atoms with Crippen LogP contribution in [0.15, 0.2) is 6.20 Å². The van der Waals surface area contributed by atoms with Gasteiger partial charge in [-0.3, -0.25) is 14.3 Å². The van der Waals surface area contributed by atoms with E-state index in [4.69, 9.17) is 11.5 Å². The van der Waals surface area contributed by atoms with Gasteiger partial charge >= 0.3 is 0 Å². The SMILES string of the molecule is Cn1ncc(C(N)=O)c1C(N)=O. The van der Waals surface area contributed by atoms with Gasteiger partial charge in [-0.2, -0.15) is 5.10 Å². The maximum atomic E-state index is 10.8. The summed E-state index contributed by atoms with van der Waals surface area (Å²) in [6, 6.07) is 0. The highest BCUT2D eigenvalue weighted by atomic mass is 16.2. The van der Waals surface area contributed by atoms with Crippen LogP contribution in [0.3, 0.4) is 0 Å². The Bertz CT molecular complexity index is 341. The van der Waals surface area contributed by atoms with Gasteiger partial charge in [-0.05, 0) is 0 Å². The summed E-state index contributed by atoms with van der Waals surface area (Å²) >= 11 is 0. The second-order valence-corrected chi connectivity index (χ2v) is 2.26. The fourth-order valence-corrected chi connectivity index (χ4v) is 0.910. The van der Waals surface area contributed by atoms with E-state index >= 15 is 0 Å². The van der Waals surface area contributed by atoms with Crippen LogP contribution >= 0.6 is 0 Å². The topological polar surface area (TPSA) is 104 Å². The number of aromatic nitrogens is 2. The summed E-state index contributed by atoms with van der Waals surface area (Å²) in [6.07, 6.45) is 1.21. The molecule has 1 heterocycles. The molecule has 0 fully saturated rings. The molecule has 2 amide bonds. The van der Waals surface area contributed by atoms with Gasteiger partial charge < -0.3 is 11.5 Å². The predicted octanol–water partition coefficient (Wildman–Crippen LogP) is -1.38. The van der Waals surface area contributed by atoms with Crippen molar-refractivity contribution >= 4 is 11.8 Å². The lowest BCUT2D eigenvalue weighted by Gasteiger charge is -1.97. The number of nitrogens with zero attached hydrogens (tertiary/aromatic N) is 2. The Morgan fingerprint density at radius 3 is 2.33 bits per heavy atom. The molecule has 64 valence electrons. The van der Waals surface area contributed by atoms with Gasteiger partial charge in [0.1, 0.15) is 5.69 Å². The zero-order valence-corrected chi connectivity index (χ0v) is 6.44. The van der Waals surface area contributed by atoms with Gasteiger partial charge in [0, 0.05) is 7.05 Å². The van der Waals surface area contributed by atoms with Crippen LogP contribution in [0.1, 0.15) is 20.8 Å². The number of primary amides is 2. The quantitative estimate of drug-likeness (QED) is 0.568. The molecule has 0 bridgehead atoms. The molecule has 0 saturated heterocycles. The van der Waals surface area contributed by atoms with Crippen LogP contribution in [0.5, 0.6) is 0 Å². The van der Waals surface area contributed by atoms with E-state index < -0.39 is 11.8 Å². The van der Waals surface area contributed by atoms with Gasteiger partial charge in [0.15, 0.2) is 0 Å². The van der Waals surface area contributed by atoms with Crippen LogP contribution in [0.2, 0.25) is 0 Å². The van der Waals surface area contributed by atoms with E-state index in [0.717, 1.165) is 0 Å². The first-order chi connectivity index (χ1) is 5.54. The number of carbonyl (C=O) groups is 2. The molecule has 0 aliphatic heterocycles. The summed E-state index contributed by atoms with van der Waals surface area (Å²) in [6.45, 7) is 0. The Hall–Kier alpha value is -1.85. The smallest absolute Gasteiger partial charge is 0.267 e. The van der Waals surface area contributed by atoms with Crippen molar-refractivity contribution in [2.75, 3.05) is 0 Å². The van der Waals surface area contributed by atoms with Crippen LogP contribution in [-0.2, 0) is 7.05 Å². The highest BCUT2D eigenvalue weighted by molar-refractivity contribution is 6.04. The highest BCUT2D eigenvalue weighted by Gasteiger charge is 2.17. The Balaban J connectivity index is 3.31. The Labute approximate surface area is 68.1 Å². The minimum atomic E-state index is -0.719. The van der Waals surface area contributed by atoms with Crippen LogP contribution in [-0.4, -0.2) is 21.6 Å². The van der Waals surface area contributed by atoms with Gasteiger partial charge in [0.2, 0.25) is 0 Å². The van der Waals surface area contributed by atoms with Gasteiger partial charge in [-0.15, -0.1) is 0 Å². The van der Waals surface area contributed by atoms with Crippen LogP contribution in [0.4, 0.5) is 0 Å². The molecule has 4 N–H and O–H groups in total. The molecular weight excluding hydrogens is 160 g/mol. The van der Waals surface area contributed by atoms with Gasteiger partial charge in [0.25, 0.3) is 11.8 Å². The number of carbonyl (C=O) groups excluding carboxylic acids is 2. The fraction of sp³-hybridized carbons (Fsp3) is 0.167. The van der Waals surface area contributed by atoms with Crippen LogP contribution in [0, 0.1) is 0 Å². The van der Waals surface area contributed by atoms with E-state index in [1.54, 1.807) is 0 Å². The monoisotopic (exact) mass is 168 g/mol. The average Bonchev–Trinajstić information content (AvgIpc) is 2.30.